The average molecular weight is 221 g/mol. The first kappa shape index (κ1) is 11.4. The summed E-state index contributed by atoms with van der Waals surface area (Å²) in [6, 6.07) is 4.06. The van der Waals surface area contributed by atoms with E-state index in [9.17, 15) is 0 Å². The van der Waals surface area contributed by atoms with Crippen molar-refractivity contribution in [3.05, 3.63) is 24.5 Å². The van der Waals surface area contributed by atoms with E-state index in [1.54, 1.807) is 13.3 Å². The third kappa shape index (κ3) is 2.51. The van der Waals surface area contributed by atoms with Crippen LogP contribution in [0.3, 0.4) is 0 Å². The first-order valence-electron chi connectivity index (χ1n) is 5.66. The molecule has 0 atom stereocenters. The highest BCUT2D eigenvalue weighted by molar-refractivity contribution is 5.44. The minimum absolute atomic E-state index is 0.145. The van der Waals surface area contributed by atoms with Crippen molar-refractivity contribution in [2.45, 2.75) is 18.4 Å². The van der Waals surface area contributed by atoms with Crippen molar-refractivity contribution in [1.82, 2.24) is 4.98 Å². The molecule has 88 valence electrons. The summed E-state index contributed by atoms with van der Waals surface area (Å²) in [6.45, 7) is 2.60. The lowest BCUT2D eigenvalue weighted by Crippen LogP contribution is -2.53. The van der Waals surface area contributed by atoms with Crippen molar-refractivity contribution in [2.75, 3.05) is 31.7 Å². The molecule has 16 heavy (non-hydrogen) atoms. The molecule has 0 unspecified atom stereocenters. The van der Waals surface area contributed by atoms with Gasteiger partial charge in [-0.3, -0.25) is 4.98 Å². The Bertz CT molecular complexity index is 320. The maximum absolute atomic E-state index is 6.24. The topological polar surface area (TPSA) is 51.4 Å². The predicted molar refractivity (Wildman–Crippen MR) is 64.5 cm³/mol. The van der Waals surface area contributed by atoms with E-state index in [4.69, 9.17) is 10.5 Å². The summed E-state index contributed by atoms with van der Waals surface area (Å²) in [7, 11) is 1.71. The van der Waals surface area contributed by atoms with E-state index in [1.165, 1.54) is 5.69 Å². The lowest BCUT2D eigenvalue weighted by molar-refractivity contribution is 0.116. The third-order valence-electron chi connectivity index (χ3n) is 3.20. The van der Waals surface area contributed by atoms with Crippen molar-refractivity contribution in [3.63, 3.8) is 0 Å². The highest BCUT2D eigenvalue weighted by Crippen LogP contribution is 2.24. The van der Waals surface area contributed by atoms with Gasteiger partial charge in [0.1, 0.15) is 0 Å². The van der Waals surface area contributed by atoms with Crippen LogP contribution in [-0.4, -0.2) is 37.3 Å². The molecular formula is C12H19N3O. The third-order valence-corrected chi connectivity index (χ3v) is 3.20. The second kappa shape index (κ2) is 4.80. The number of rotatable bonds is 3. The Kier molecular flexibility index (Phi) is 3.41. The second-order valence-electron chi connectivity index (χ2n) is 4.49. The molecule has 1 aromatic heterocycles. The molecule has 4 nitrogen and oxygen atoms in total. The largest absolute Gasteiger partial charge is 0.383 e. The molecule has 0 aromatic carbocycles. The standard InChI is InChI=1S/C12H19N3O/c1-16-10-12(13)4-7-15(8-5-12)11-3-2-6-14-9-11/h2-3,6,9H,4-5,7-8,10,13H2,1H3. The van der Waals surface area contributed by atoms with Crippen molar-refractivity contribution in [3.8, 4) is 0 Å². The van der Waals surface area contributed by atoms with Gasteiger partial charge in [-0.15, -0.1) is 0 Å². The first-order valence-corrected chi connectivity index (χ1v) is 5.66. The van der Waals surface area contributed by atoms with Crippen LogP contribution in [-0.2, 0) is 4.74 Å². The Morgan fingerprint density at radius 1 is 1.50 bits per heavy atom. The van der Waals surface area contributed by atoms with Crippen LogP contribution < -0.4 is 10.6 Å². The summed E-state index contributed by atoms with van der Waals surface area (Å²) in [5, 5.41) is 0. The quantitative estimate of drug-likeness (QED) is 0.828. The van der Waals surface area contributed by atoms with Gasteiger partial charge in [0.15, 0.2) is 0 Å². The summed E-state index contributed by atoms with van der Waals surface area (Å²) in [5.74, 6) is 0. The minimum atomic E-state index is -0.145. The van der Waals surface area contributed by atoms with Gasteiger partial charge in [0.2, 0.25) is 0 Å². The van der Waals surface area contributed by atoms with Gasteiger partial charge in [0.05, 0.1) is 18.5 Å². The number of methoxy groups -OCH3 is 1. The van der Waals surface area contributed by atoms with Gasteiger partial charge in [-0.05, 0) is 25.0 Å². The van der Waals surface area contributed by atoms with Gasteiger partial charge < -0.3 is 15.4 Å². The Morgan fingerprint density at radius 3 is 2.81 bits per heavy atom. The zero-order valence-corrected chi connectivity index (χ0v) is 9.72. The van der Waals surface area contributed by atoms with Crippen LogP contribution in [0.25, 0.3) is 0 Å². The molecule has 2 rings (SSSR count). The zero-order valence-electron chi connectivity index (χ0n) is 9.72. The number of pyridine rings is 1. The normalized spacial score (nSPS) is 19.8. The van der Waals surface area contributed by atoms with Crippen LogP contribution in [0.5, 0.6) is 0 Å². The molecule has 0 radical (unpaired) electrons. The molecule has 4 heteroatoms. The number of piperidine rings is 1. The Labute approximate surface area is 96.4 Å². The molecule has 0 bridgehead atoms. The van der Waals surface area contributed by atoms with Crippen molar-refractivity contribution < 1.29 is 4.74 Å². The van der Waals surface area contributed by atoms with E-state index in [-0.39, 0.29) is 5.54 Å². The number of aromatic nitrogens is 1. The molecule has 0 amide bonds. The predicted octanol–water partition coefficient (Wildman–Crippen LogP) is 1.03. The molecule has 2 heterocycles. The van der Waals surface area contributed by atoms with Crippen LogP contribution in [0.4, 0.5) is 5.69 Å². The highest BCUT2D eigenvalue weighted by Gasteiger charge is 2.30. The lowest BCUT2D eigenvalue weighted by atomic mass is 9.89. The van der Waals surface area contributed by atoms with Crippen LogP contribution in [0.1, 0.15) is 12.8 Å². The molecule has 2 N–H and O–H groups in total. The summed E-state index contributed by atoms with van der Waals surface area (Å²) in [6.07, 6.45) is 5.64. The monoisotopic (exact) mass is 221 g/mol. The van der Waals surface area contributed by atoms with Gasteiger partial charge in [-0.25, -0.2) is 0 Å². The van der Waals surface area contributed by atoms with Gasteiger partial charge in [-0.2, -0.15) is 0 Å². The van der Waals surface area contributed by atoms with Gasteiger partial charge in [0.25, 0.3) is 0 Å². The maximum atomic E-state index is 6.24. The van der Waals surface area contributed by atoms with Crippen LogP contribution >= 0.6 is 0 Å². The summed E-state index contributed by atoms with van der Waals surface area (Å²) in [5.41, 5.74) is 7.28. The highest BCUT2D eigenvalue weighted by atomic mass is 16.5. The molecule has 1 aliphatic rings. The number of hydrogen-bond donors (Lipinski definition) is 1. The van der Waals surface area contributed by atoms with Crippen molar-refractivity contribution >= 4 is 5.69 Å². The lowest BCUT2D eigenvalue weighted by Gasteiger charge is -2.39. The van der Waals surface area contributed by atoms with E-state index in [1.807, 2.05) is 12.3 Å². The van der Waals surface area contributed by atoms with Crippen LogP contribution in [0.2, 0.25) is 0 Å². The second-order valence-corrected chi connectivity index (χ2v) is 4.49. The van der Waals surface area contributed by atoms with Gasteiger partial charge in [0, 0.05) is 31.9 Å². The van der Waals surface area contributed by atoms with Crippen LogP contribution in [0, 0.1) is 0 Å². The van der Waals surface area contributed by atoms with E-state index in [0.29, 0.717) is 6.61 Å². The van der Waals surface area contributed by atoms with Gasteiger partial charge >= 0.3 is 0 Å². The fourth-order valence-electron chi connectivity index (χ4n) is 2.18. The molecule has 1 aromatic rings. The number of ether oxygens (including phenoxy) is 1. The van der Waals surface area contributed by atoms with E-state index < -0.39 is 0 Å². The fourth-order valence-corrected chi connectivity index (χ4v) is 2.18. The molecule has 0 saturated carbocycles. The van der Waals surface area contributed by atoms with Crippen molar-refractivity contribution in [2.24, 2.45) is 5.73 Å². The molecule has 1 saturated heterocycles. The first-order chi connectivity index (χ1) is 7.73. The van der Waals surface area contributed by atoms with E-state index >= 15 is 0 Å². The number of nitrogens with zero attached hydrogens (tertiary/aromatic N) is 2. The number of anilines is 1. The maximum Gasteiger partial charge on any atom is 0.0643 e. The Morgan fingerprint density at radius 2 is 2.25 bits per heavy atom. The van der Waals surface area contributed by atoms with Gasteiger partial charge in [-0.1, -0.05) is 0 Å². The molecular weight excluding hydrogens is 202 g/mol. The molecule has 0 spiro atoms. The molecule has 0 aliphatic carbocycles. The molecule has 1 aliphatic heterocycles. The van der Waals surface area contributed by atoms with Crippen molar-refractivity contribution in [1.29, 1.82) is 0 Å². The average Bonchev–Trinajstić information content (AvgIpc) is 2.31. The number of nitrogens with two attached hydrogens (primary N) is 1. The fraction of sp³-hybridized carbons (Fsp3) is 0.583. The van der Waals surface area contributed by atoms with Crippen LogP contribution in [0.15, 0.2) is 24.5 Å². The molecule has 1 fully saturated rings. The zero-order chi connectivity index (χ0) is 11.4. The summed E-state index contributed by atoms with van der Waals surface area (Å²) in [4.78, 5) is 6.46. The smallest absolute Gasteiger partial charge is 0.0643 e. The SMILES string of the molecule is COCC1(N)CCN(c2cccnc2)CC1. The summed E-state index contributed by atoms with van der Waals surface area (Å²) >= 11 is 0. The Hall–Kier alpha value is -1.13. The van der Waals surface area contributed by atoms with E-state index in [2.05, 4.69) is 16.0 Å². The number of hydrogen-bond acceptors (Lipinski definition) is 4. The Balaban J connectivity index is 1.95. The summed E-state index contributed by atoms with van der Waals surface area (Å²) < 4.78 is 5.17. The van der Waals surface area contributed by atoms with E-state index in [0.717, 1.165) is 25.9 Å². The minimum Gasteiger partial charge on any atom is -0.383 e.